The van der Waals surface area contributed by atoms with E-state index in [4.69, 9.17) is 23.7 Å². The van der Waals surface area contributed by atoms with Gasteiger partial charge in [-0.2, -0.15) is 0 Å². The Balaban J connectivity index is 2.93. The van der Waals surface area contributed by atoms with Crippen molar-refractivity contribution < 1.29 is 14.4 Å². The Bertz CT molecular complexity index is 374. The summed E-state index contributed by atoms with van der Waals surface area (Å²) in [7, 11) is 0. The third-order valence-corrected chi connectivity index (χ3v) is 1.97. The molecular formula is C7H8N4O3S. The number of nitrogens with two attached hydrogens (primary N) is 2. The number of amides is 3. The highest BCUT2D eigenvalue weighted by atomic mass is 32.1. The number of rotatable bonds is 3. The molecule has 0 aromatic heterocycles. The zero-order valence-corrected chi connectivity index (χ0v) is 8.34. The molecule has 0 unspecified atom stereocenters. The molecule has 80 valence electrons. The molecule has 7 nitrogen and oxygen atoms in total. The second-order valence-electron chi connectivity index (χ2n) is 2.75. The molecule has 1 aliphatic rings. The fourth-order valence-corrected chi connectivity index (χ4v) is 1.20. The third-order valence-electron chi connectivity index (χ3n) is 1.64. The number of thiocarbonyl (C=S) groups is 1. The number of hydrogen-bond donors (Lipinski definition) is 3. The minimum absolute atomic E-state index is 0.0666. The first-order valence-corrected chi connectivity index (χ1v) is 4.24. The highest BCUT2D eigenvalue weighted by Crippen LogP contribution is 2.03. The van der Waals surface area contributed by atoms with E-state index in [2.05, 4.69) is 5.32 Å². The SMILES string of the molecule is NC(=O)C(=CN1CC(=O)NC1=S)C(N)=O. The minimum atomic E-state index is -0.968. The average molecular weight is 228 g/mol. The maximum atomic E-state index is 10.9. The quantitative estimate of drug-likeness (QED) is 0.214. The van der Waals surface area contributed by atoms with E-state index in [1.165, 1.54) is 4.90 Å². The number of hydrogen-bond acceptors (Lipinski definition) is 4. The van der Waals surface area contributed by atoms with Gasteiger partial charge in [0.05, 0.1) is 0 Å². The summed E-state index contributed by atoms with van der Waals surface area (Å²) in [5.74, 6) is -2.26. The summed E-state index contributed by atoms with van der Waals surface area (Å²) in [6.07, 6.45) is 1.06. The third kappa shape index (κ3) is 2.50. The molecule has 3 amide bonds. The van der Waals surface area contributed by atoms with Crippen molar-refractivity contribution in [2.24, 2.45) is 11.5 Å². The van der Waals surface area contributed by atoms with Crippen molar-refractivity contribution >= 4 is 35.1 Å². The first-order chi connectivity index (χ1) is 6.91. The maximum Gasteiger partial charge on any atom is 0.255 e. The molecule has 1 rings (SSSR count). The number of nitrogens with one attached hydrogen (secondary N) is 1. The first kappa shape index (κ1) is 11.1. The Labute approximate surface area is 90.1 Å². The van der Waals surface area contributed by atoms with Crippen molar-refractivity contribution in [3.05, 3.63) is 11.8 Å². The van der Waals surface area contributed by atoms with E-state index in [1.54, 1.807) is 0 Å². The molecule has 0 atom stereocenters. The number of carbonyl (C=O) groups is 3. The van der Waals surface area contributed by atoms with Crippen LogP contribution in [0.4, 0.5) is 0 Å². The van der Waals surface area contributed by atoms with Gasteiger partial charge in [-0.3, -0.25) is 14.4 Å². The van der Waals surface area contributed by atoms with Crippen molar-refractivity contribution in [2.45, 2.75) is 0 Å². The molecule has 0 aromatic carbocycles. The topological polar surface area (TPSA) is 119 Å². The van der Waals surface area contributed by atoms with Crippen LogP contribution >= 0.6 is 12.2 Å². The molecule has 15 heavy (non-hydrogen) atoms. The summed E-state index contributed by atoms with van der Waals surface area (Å²) in [6.45, 7) is -0.0666. The fourth-order valence-electron chi connectivity index (χ4n) is 0.966. The van der Waals surface area contributed by atoms with Crippen molar-refractivity contribution in [1.29, 1.82) is 0 Å². The standard InChI is InChI=1S/C7H8N4O3S/c8-5(13)3(6(9)14)1-11-2-4(12)10-7(11)15/h1H,2H2,(H2,8,13)(H2,9,14)(H,10,12,15). The monoisotopic (exact) mass is 228 g/mol. The van der Waals surface area contributed by atoms with Gasteiger partial charge >= 0.3 is 0 Å². The first-order valence-electron chi connectivity index (χ1n) is 3.83. The van der Waals surface area contributed by atoms with Gasteiger partial charge in [-0.25, -0.2) is 0 Å². The zero-order chi connectivity index (χ0) is 11.6. The highest BCUT2D eigenvalue weighted by molar-refractivity contribution is 7.80. The van der Waals surface area contributed by atoms with Crippen molar-refractivity contribution in [1.82, 2.24) is 10.2 Å². The van der Waals surface area contributed by atoms with Gasteiger partial charge in [0, 0.05) is 6.20 Å². The van der Waals surface area contributed by atoms with Crippen LogP contribution < -0.4 is 16.8 Å². The summed E-state index contributed by atoms with van der Waals surface area (Å²) in [5, 5.41) is 2.42. The summed E-state index contributed by atoms with van der Waals surface area (Å²) >= 11 is 4.75. The fraction of sp³-hybridized carbons (Fsp3) is 0.143. The lowest BCUT2D eigenvalue weighted by atomic mass is 10.2. The van der Waals surface area contributed by atoms with E-state index in [0.717, 1.165) is 6.20 Å². The smallest absolute Gasteiger partial charge is 0.255 e. The molecule has 1 fully saturated rings. The Morgan fingerprint density at radius 3 is 2.27 bits per heavy atom. The van der Waals surface area contributed by atoms with Crippen LogP contribution in [0, 0.1) is 0 Å². The molecule has 0 spiro atoms. The van der Waals surface area contributed by atoms with E-state index in [-0.39, 0.29) is 17.6 Å². The van der Waals surface area contributed by atoms with Crippen LogP contribution in [0.1, 0.15) is 0 Å². The molecule has 0 aromatic rings. The van der Waals surface area contributed by atoms with Crippen LogP contribution in [0.2, 0.25) is 0 Å². The lowest BCUT2D eigenvalue weighted by Crippen LogP contribution is -2.30. The van der Waals surface area contributed by atoms with Gasteiger partial charge in [0.15, 0.2) is 5.11 Å². The van der Waals surface area contributed by atoms with Crippen molar-refractivity contribution in [3.8, 4) is 0 Å². The number of primary amides is 2. The predicted molar refractivity (Wildman–Crippen MR) is 53.9 cm³/mol. The van der Waals surface area contributed by atoms with Crippen molar-refractivity contribution in [3.63, 3.8) is 0 Å². The van der Waals surface area contributed by atoms with Crippen LogP contribution in [0.25, 0.3) is 0 Å². The van der Waals surface area contributed by atoms with E-state index in [1.807, 2.05) is 0 Å². The molecule has 0 radical (unpaired) electrons. The predicted octanol–water partition coefficient (Wildman–Crippen LogP) is -2.44. The van der Waals surface area contributed by atoms with Crippen LogP contribution in [0.5, 0.6) is 0 Å². The second kappa shape index (κ2) is 4.05. The zero-order valence-electron chi connectivity index (χ0n) is 7.52. The summed E-state index contributed by atoms with van der Waals surface area (Å²) in [5.41, 5.74) is 9.42. The van der Waals surface area contributed by atoms with Gasteiger partial charge in [0.25, 0.3) is 11.8 Å². The van der Waals surface area contributed by atoms with Crippen LogP contribution in [0.3, 0.4) is 0 Å². The van der Waals surface area contributed by atoms with Crippen LogP contribution in [0.15, 0.2) is 11.8 Å². The Morgan fingerprint density at radius 1 is 1.40 bits per heavy atom. The van der Waals surface area contributed by atoms with Gasteiger partial charge in [0.1, 0.15) is 12.1 Å². The van der Waals surface area contributed by atoms with Crippen molar-refractivity contribution in [2.75, 3.05) is 6.54 Å². The molecule has 0 aliphatic carbocycles. The normalized spacial score (nSPS) is 14.8. The van der Waals surface area contributed by atoms with Crippen LogP contribution in [-0.2, 0) is 14.4 Å². The van der Waals surface area contributed by atoms with E-state index < -0.39 is 17.4 Å². The van der Waals surface area contributed by atoms with E-state index in [0.29, 0.717) is 0 Å². The number of carbonyl (C=O) groups excluding carboxylic acids is 3. The molecule has 1 saturated heterocycles. The van der Waals surface area contributed by atoms with Gasteiger partial charge in [-0.1, -0.05) is 0 Å². The summed E-state index contributed by atoms with van der Waals surface area (Å²) in [4.78, 5) is 33.7. The molecule has 1 aliphatic heterocycles. The Hall–Kier alpha value is -1.96. The highest BCUT2D eigenvalue weighted by Gasteiger charge is 2.24. The van der Waals surface area contributed by atoms with E-state index >= 15 is 0 Å². The molecule has 1 heterocycles. The lowest BCUT2D eigenvalue weighted by molar-refractivity contribution is -0.121. The summed E-state index contributed by atoms with van der Waals surface area (Å²) in [6, 6.07) is 0. The van der Waals surface area contributed by atoms with E-state index in [9.17, 15) is 14.4 Å². The van der Waals surface area contributed by atoms with Gasteiger partial charge in [0.2, 0.25) is 5.91 Å². The molecular weight excluding hydrogens is 220 g/mol. The van der Waals surface area contributed by atoms with Crippen LogP contribution in [-0.4, -0.2) is 34.3 Å². The molecule has 5 N–H and O–H groups in total. The Morgan fingerprint density at radius 2 is 1.93 bits per heavy atom. The molecule has 8 heteroatoms. The van der Waals surface area contributed by atoms with Gasteiger partial charge < -0.3 is 21.7 Å². The lowest BCUT2D eigenvalue weighted by Gasteiger charge is -2.10. The molecule has 0 saturated carbocycles. The maximum absolute atomic E-state index is 10.9. The largest absolute Gasteiger partial charge is 0.365 e. The summed E-state index contributed by atoms with van der Waals surface area (Å²) < 4.78 is 0. The number of nitrogens with zero attached hydrogens (tertiary/aromatic N) is 1. The minimum Gasteiger partial charge on any atom is -0.365 e. The Kier molecular flexibility index (Phi) is 3.00. The average Bonchev–Trinajstić information content (AvgIpc) is 2.39. The molecule has 0 bridgehead atoms. The van der Waals surface area contributed by atoms with Gasteiger partial charge in [-0.05, 0) is 12.2 Å². The second-order valence-corrected chi connectivity index (χ2v) is 3.14. The van der Waals surface area contributed by atoms with Gasteiger partial charge in [-0.15, -0.1) is 0 Å².